The van der Waals surface area contributed by atoms with Crippen LogP contribution in [0.1, 0.15) is 59.8 Å². The van der Waals surface area contributed by atoms with E-state index >= 15 is 0 Å². The van der Waals surface area contributed by atoms with Gasteiger partial charge in [-0.15, -0.1) is 0 Å². The van der Waals surface area contributed by atoms with Crippen molar-refractivity contribution in [3.8, 4) is 5.75 Å². The van der Waals surface area contributed by atoms with Gasteiger partial charge in [0, 0.05) is 19.0 Å². The molecule has 1 spiro atoms. The average molecular weight is 609 g/mol. The first kappa shape index (κ1) is 30.3. The summed E-state index contributed by atoms with van der Waals surface area (Å²) >= 11 is 5.87. The van der Waals surface area contributed by atoms with E-state index in [-0.39, 0.29) is 30.8 Å². The molecule has 224 valence electrons. The van der Waals surface area contributed by atoms with Gasteiger partial charge < -0.3 is 28.0 Å². The summed E-state index contributed by atoms with van der Waals surface area (Å²) in [6.07, 6.45) is 3.52. The number of esters is 1. The molecule has 1 aromatic carbocycles. The van der Waals surface area contributed by atoms with Crippen LogP contribution >= 0.6 is 6.64 Å². The van der Waals surface area contributed by atoms with Gasteiger partial charge in [0.25, 0.3) is 0 Å². The maximum atomic E-state index is 12.9. The lowest BCUT2D eigenvalue weighted by Gasteiger charge is -2.37. The molecule has 11 nitrogen and oxygen atoms in total. The minimum atomic E-state index is -3.34. The molecule has 1 unspecified atom stereocenters. The first-order valence-electron chi connectivity index (χ1n) is 14.0. The van der Waals surface area contributed by atoms with E-state index < -0.39 is 48.5 Å². The minimum absolute atomic E-state index is 0.0655. The maximum Gasteiger partial charge on any atom is 0.323 e. The van der Waals surface area contributed by atoms with E-state index in [0.717, 1.165) is 25.7 Å². The quantitative estimate of drug-likeness (QED) is 0.238. The summed E-state index contributed by atoms with van der Waals surface area (Å²) in [7, 11) is 0. The number of benzene rings is 1. The molecule has 3 heterocycles. The van der Waals surface area contributed by atoms with Gasteiger partial charge in [-0.25, -0.2) is 5.09 Å². The van der Waals surface area contributed by atoms with Crippen molar-refractivity contribution in [1.82, 2.24) is 9.99 Å². The number of rotatable bonds is 10. The van der Waals surface area contributed by atoms with E-state index in [1.165, 1.54) is 17.2 Å². The normalized spacial score (nSPS) is 31.0. The van der Waals surface area contributed by atoms with E-state index in [1.807, 2.05) is 13.0 Å². The molecule has 13 heteroatoms. The zero-order valence-electron chi connectivity index (χ0n) is 23.6. The third-order valence-corrected chi connectivity index (χ3v) is 10.0. The molecule has 3 fully saturated rings. The van der Waals surface area contributed by atoms with Gasteiger partial charge >= 0.3 is 12.6 Å². The second-order valence-corrected chi connectivity index (χ2v) is 14.4. The summed E-state index contributed by atoms with van der Waals surface area (Å²) in [4.78, 5) is 38.7. The molecule has 1 saturated carbocycles. The van der Waals surface area contributed by atoms with Gasteiger partial charge in [-0.2, -0.15) is 0 Å². The number of carbonyl (C=O) groups is 3. The number of amides is 1. The Morgan fingerprint density at radius 2 is 1.90 bits per heavy atom. The van der Waals surface area contributed by atoms with Crippen LogP contribution in [-0.4, -0.2) is 71.1 Å². The van der Waals surface area contributed by atoms with Crippen molar-refractivity contribution < 1.29 is 42.4 Å². The highest BCUT2D eigenvalue weighted by atomic mass is 32.5. The van der Waals surface area contributed by atoms with Crippen LogP contribution in [0.2, 0.25) is 0 Å². The summed E-state index contributed by atoms with van der Waals surface area (Å²) in [5.74, 6) is -1.43. The Balaban J connectivity index is 1.38. The Hall–Kier alpha value is -2.18. The highest BCUT2D eigenvalue weighted by Gasteiger charge is 2.68. The van der Waals surface area contributed by atoms with Crippen LogP contribution in [0.4, 0.5) is 0 Å². The molecule has 1 aromatic rings. The molecule has 1 N–H and O–H groups in total. The van der Waals surface area contributed by atoms with Crippen molar-refractivity contribution in [3.63, 3.8) is 0 Å². The summed E-state index contributed by atoms with van der Waals surface area (Å²) in [5.41, 5.74) is -1.02. The summed E-state index contributed by atoms with van der Waals surface area (Å²) in [6, 6.07) is 8.14. The van der Waals surface area contributed by atoms with E-state index in [4.69, 9.17) is 39.8 Å². The van der Waals surface area contributed by atoms with Crippen LogP contribution < -0.4 is 9.61 Å². The van der Waals surface area contributed by atoms with E-state index in [1.54, 1.807) is 45.0 Å². The predicted octanol–water partition coefficient (Wildman–Crippen LogP) is 3.72. The molecule has 41 heavy (non-hydrogen) atoms. The van der Waals surface area contributed by atoms with E-state index in [9.17, 15) is 14.4 Å². The minimum Gasteiger partial charge on any atom is -0.462 e. The number of fused-ring (bicyclic) bond motifs is 1. The van der Waals surface area contributed by atoms with Gasteiger partial charge in [-0.1, -0.05) is 18.2 Å². The van der Waals surface area contributed by atoms with Crippen LogP contribution in [-0.2, 0) is 49.7 Å². The maximum absolute atomic E-state index is 12.9. The summed E-state index contributed by atoms with van der Waals surface area (Å²) < 4.78 is 37.3. The molecule has 4 aliphatic rings. The third-order valence-electron chi connectivity index (χ3n) is 7.53. The van der Waals surface area contributed by atoms with Crippen LogP contribution in [0.3, 0.4) is 0 Å². The Morgan fingerprint density at radius 3 is 2.56 bits per heavy atom. The molecule has 0 bridgehead atoms. The van der Waals surface area contributed by atoms with Crippen molar-refractivity contribution in [2.45, 2.75) is 102 Å². The molecule has 3 aliphatic heterocycles. The highest BCUT2D eigenvalue weighted by Crippen LogP contribution is 2.54. The van der Waals surface area contributed by atoms with Crippen LogP contribution in [0.25, 0.3) is 0 Å². The van der Waals surface area contributed by atoms with Crippen LogP contribution in [0, 0.1) is 0 Å². The summed E-state index contributed by atoms with van der Waals surface area (Å²) in [6.45, 7) is 3.62. The smallest absolute Gasteiger partial charge is 0.323 e. The van der Waals surface area contributed by atoms with Crippen LogP contribution in [0.15, 0.2) is 42.6 Å². The number of para-hydroxylation sites is 1. The molecular weight excluding hydrogens is 571 g/mol. The molecule has 0 radical (unpaired) electrons. The van der Waals surface area contributed by atoms with E-state index in [2.05, 4.69) is 5.09 Å². The number of hydrogen-bond donors (Lipinski definition) is 1. The summed E-state index contributed by atoms with van der Waals surface area (Å²) in [5, 5.41) is 3.04. The number of hydrogen-bond acceptors (Lipinski definition) is 10. The second-order valence-electron chi connectivity index (χ2n) is 11.3. The molecule has 1 amide bonds. The van der Waals surface area contributed by atoms with Gasteiger partial charge in [0.15, 0.2) is 17.8 Å². The number of carbonyl (C=O) groups excluding carboxylic acids is 3. The second kappa shape index (κ2) is 11.8. The standard InChI is InChI=1S/C28H37N2O9PS/c1-18(2)35-25(33)19(3)29-40(41,38-21-10-6-5-7-11-21)34-17-22-24-27(4,39-28(37-24)13-8-9-14-28)26(36-22)30-15-12-20(31)16-23(30)32/h5-7,10-12,15,18-19,22,24,26H,8-9,13-14,16-17H2,1-4H3,(H,29,41)/t19-,22+,24+,26+,27+,40?/m0/s1. The van der Waals surface area contributed by atoms with Crippen molar-refractivity contribution in [2.75, 3.05) is 6.61 Å². The lowest BCUT2D eigenvalue weighted by Crippen LogP contribution is -2.53. The van der Waals surface area contributed by atoms with Gasteiger partial charge in [0.05, 0.1) is 19.1 Å². The number of nitrogens with one attached hydrogen (secondary N) is 1. The lowest BCUT2D eigenvalue weighted by molar-refractivity contribution is -0.236. The van der Waals surface area contributed by atoms with Crippen LogP contribution in [0.5, 0.6) is 5.75 Å². The van der Waals surface area contributed by atoms with Crippen molar-refractivity contribution in [1.29, 1.82) is 0 Å². The third kappa shape index (κ3) is 6.44. The molecule has 0 aromatic heterocycles. The van der Waals surface area contributed by atoms with E-state index in [0.29, 0.717) is 5.75 Å². The number of ketones is 1. The molecule has 2 saturated heterocycles. The average Bonchev–Trinajstić information content (AvgIpc) is 3.55. The fourth-order valence-electron chi connectivity index (χ4n) is 5.70. The molecule has 1 aliphatic carbocycles. The molecular formula is C28H37N2O9PS. The Kier molecular flexibility index (Phi) is 8.74. The van der Waals surface area contributed by atoms with Gasteiger partial charge in [-0.05, 0) is 70.6 Å². The predicted molar refractivity (Wildman–Crippen MR) is 151 cm³/mol. The topological polar surface area (TPSA) is 122 Å². The molecule has 6 atom stereocenters. The monoisotopic (exact) mass is 608 g/mol. The zero-order chi connectivity index (χ0) is 29.4. The fraction of sp³-hybridized carbons (Fsp3) is 0.607. The molecule has 5 rings (SSSR count). The Morgan fingerprint density at radius 1 is 1.20 bits per heavy atom. The van der Waals surface area contributed by atoms with Gasteiger partial charge in [-0.3, -0.25) is 19.3 Å². The van der Waals surface area contributed by atoms with Crippen molar-refractivity contribution in [2.24, 2.45) is 0 Å². The number of allylic oxidation sites excluding steroid dienone is 1. The van der Waals surface area contributed by atoms with Gasteiger partial charge in [0.1, 0.15) is 29.6 Å². The number of nitrogens with zero attached hydrogens (tertiary/aromatic N) is 1. The van der Waals surface area contributed by atoms with Crippen molar-refractivity contribution >= 4 is 36.1 Å². The fourth-order valence-corrected chi connectivity index (χ4v) is 8.12. The highest BCUT2D eigenvalue weighted by molar-refractivity contribution is 8.09. The Bertz CT molecular complexity index is 1240. The Labute approximate surface area is 245 Å². The van der Waals surface area contributed by atoms with Gasteiger partial charge in [0.2, 0.25) is 5.91 Å². The number of ether oxygens (including phenoxy) is 4. The first-order valence-corrected chi connectivity index (χ1v) is 16.6. The lowest BCUT2D eigenvalue weighted by atomic mass is 9.95. The first-order chi connectivity index (χ1) is 19.4. The largest absolute Gasteiger partial charge is 0.462 e. The SMILES string of the molecule is CC(C)OC(=O)[C@H](C)NP(=S)(OC[C@H]1O[C@@H](N2C=CC(=O)CC2=O)[C@]2(C)OC3(CCCC3)O[C@H]12)Oc1ccccc1. The zero-order valence-corrected chi connectivity index (χ0v) is 25.4. The van der Waals surface area contributed by atoms with Crippen molar-refractivity contribution in [3.05, 3.63) is 42.6 Å².